The summed E-state index contributed by atoms with van der Waals surface area (Å²) in [5, 5.41) is 13.3. The number of amides is 1. The highest BCUT2D eigenvalue weighted by molar-refractivity contribution is 5.91. The molecule has 1 atom stereocenters. The number of anilines is 1. The van der Waals surface area contributed by atoms with Gasteiger partial charge in [-0.2, -0.15) is 0 Å². The van der Waals surface area contributed by atoms with E-state index in [-0.39, 0.29) is 12.5 Å². The predicted octanol–water partition coefficient (Wildman–Crippen LogP) is 1.95. The summed E-state index contributed by atoms with van der Waals surface area (Å²) in [5.74, 6) is 2.47. The lowest BCUT2D eigenvalue weighted by atomic mass is 10.0. The van der Waals surface area contributed by atoms with Gasteiger partial charge in [0.1, 0.15) is 35.8 Å². The average molecular weight is 453 g/mol. The van der Waals surface area contributed by atoms with E-state index in [0.29, 0.717) is 18.1 Å². The van der Waals surface area contributed by atoms with Crippen LogP contribution in [0.1, 0.15) is 31.2 Å². The van der Waals surface area contributed by atoms with Gasteiger partial charge in [0.15, 0.2) is 0 Å². The number of aliphatic hydroxyl groups excluding tert-OH is 1. The maximum Gasteiger partial charge on any atom is 0.240 e. The molecule has 176 valence electrons. The number of primary amides is 1. The van der Waals surface area contributed by atoms with E-state index in [1.54, 1.807) is 0 Å². The second-order valence-electron chi connectivity index (χ2n) is 8.85. The molecule has 0 aliphatic carbocycles. The van der Waals surface area contributed by atoms with Crippen LogP contribution in [0.15, 0.2) is 40.8 Å². The predicted molar refractivity (Wildman–Crippen MR) is 126 cm³/mol. The fourth-order valence-electron chi connectivity index (χ4n) is 4.14. The van der Waals surface area contributed by atoms with E-state index >= 15 is 0 Å². The highest BCUT2D eigenvalue weighted by atomic mass is 16.4. The molecule has 0 unspecified atom stereocenters. The third-order valence-electron chi connectivity index (χ3n) is 6.00. The number of nitrogens with one attached hydrogen (secondary N) is 1. The van der Waals surface area contributed by atoms with Crippen molar-refractivity contribution in [3.8, 4) is 0 Å². The van der Waals surface area contributed by atoms with Crippen molar-refractivity contribution < 1.29 is 14.3 Å². The molecule has 1 saturated heterocycles. The molecular formula is C24H32N6O3. The Labute approximate surface area is 193 Å². The van der Waals surface area contributed by atoms with Crippen LogP contribution in [0.3, 0.4) is 0 Å². The Morgan fingerprint density at radius 1 is 1.06 bits per heavy atom. The molecule has 0 bridgehead atoms. The number of hydrogen-bond acceptors (Lipinski definition) is 8. The van der Waals surface area contributed by atoms with Crippen molar-refractivity contribution in [1.82, 2.24) is 19.8 Å². The number of para-hydroxylation sites is 1. The highest BCUT2D eigenvalue weighted by Gasteiger charge is 2.23. The van der Waals surface area contributed by atoms with E-state index in [4.69, 9.17) is 25.2 Å². The van der Waals surface area contributed by atoms with E-state index < -0.39 is 11.9 Å². The Balaban J connectivity index is 1.44. The van der Waals surface area contributed by atoms with Gasteiger partial charge in [-0.1, -0.05) is 26.0 Å². The summed E-state index contributed by atoms with van der Waals surface area (Å²) >= 11 is 0. The van der Waals surface area contributed by atoms with Gasteiger partial charge in [0.2, 0.25) is 5.91 Å². The average Bonchev–Trinajstić information content (AvgIpc) is 3.25. The number of furan rings is 1. The van der Waals surface area contributed by atoms with Crippen molar-refractivity contribution in [2.24, 2.45) is 11.7 Å². The first-order chi connectivity index (χ1) is 15.9. The molecular weight excluding hydrogens is 420 g/mol. The fourth-order valence-corrected chi connectivity index (χ4v) is 4.14. The zero-order valence-electron chi connectivity index (χ0n) is 19.2. The second kappa shape index (κ2) is 10.3. The molecule has 33 heavy (non-hydrogen) atoms. The molecule has 4 N–H and O–H groups in total. The van der Waals surface area contributed by atoms with Crippen LogP contribution in [0.2, 0.25) is 0 Å². The van der Waals surface area contributed by atoms with Crippen molar-refractivity contribution in [1.29, 1.82) is 0 Å². The maximum absolute atomic E-state index is 11.9. The first-order valence-corrected chi connectivity index (χ1v) is 11.4. The number of nitrogens with zero attached hydrogens (tertiary/aromatic N) is 4. The largest absolute Gasteiger partial charge is 0.462 e. The molecule has 1 aliphatic heterocycles. The van der Waals surface area contributed by atoms with Crippen LogP contribution < -0.4 is 11.1 Å². The Hall–Kier alpha value is -3.01. The molecule has 9 heteroatoms. The molecule has 0 saturated carbocycles. The summed E-state index contributed by atoms with van der Waals surface area (Å²) in [6.45, 7) is 8.80. The molecule has 1 fully saturated rings. The summed E-state index contributed by atoms with van der Waals surface area (Å²) in [6, 6.07) is 11.0. The van der Waals surface area contributed by atoms with Crippen molar-refractivity contribution >= 4 is 22.6 Å². The third kappa shape index (κ3) is 5.68. The number of nitrogens with two attached hydrogens (primary N) is 1. The molecule has 0 radical (unpaired) electrons. The van der Waals surface area contributed by atoms with Gasteiger partial charge in [-0.3, -0.25) is 14.6 Å². The lowest BCUT2D eigenvalue weighted by Gasteiger charge is -2.33. The number of aromatic nitrogens is 2. The number of benzene rings is 1. The molecule has 9 nitrogen and oxygen atoms in total. The molecule has 1 aromatic carbocycles. The number of rotatable bonds is 9. The number of piperazine rings is 1. The number of carbonyl (C=O) groups excluding carboxylic acids is 1. The lowest BCUT2D eigenvalue weighted by molar-refractivity contribution is -0.119. The molecule has 1 aliphatic rings. The SMILES string of the molecule is CC(C)[C@H](Nc1nc(CN2CCN(Cc3ccc(CO)o3)CC2)nc2ccccc12)C(N)=O. The monoisotopic (exact) mass is 452 g/mol. The molecule has 0 spiro atoms. The topological polar surface area (TPSA) is 121 Å². The Morgan fingerprint density at radius 3 is 2.36 bits per heavy atom. The minimum absolute atomic E-state index is 0.0374. The van der Waals surface area contributed by atoms with Crippen LogP contribution in [0.5, 0.6) is 0 Å². The molecule has 3 aromatic rings. The first-order valence-electron chi connectivity index (χ1n) is 11.4. The summed E-state index contributed by atoms with van der Waals surface area (Å²) in [6.07, 6.45) is 0. The van der Waals surface area contributed by atoms with Gasteiger partial charge in [0.05, 0.1) is 18.6 Å². The van der Waals surface area contributed by atoms with Crippen LogP contribution in [0.25, 0.3) is 10.9 Å². The van der Waals surface area contributed by atoms with Crippen LogP contribution in [0, 0.1) is 5.92 Å². The van der Waals surface area contributed by atoms with Gasteiger partial charge in [0.25, 0.3) is 0 Å². The quantitative estimate of drug-likeness (QED) is 0.451. The highest BCUT2D eigenvalue weighted by Crippen LogP contribution is 2.23. The maximum atomic E-state index is 11.9. The van der Waals surface area contributed by atoms with Gasteiger partial charge >= 0.3 is 0 Å². The zero-order valence-corrected chi connectivity index (χ0v) is 19.2. The Kier molecular flexibility index (Phi) is 7.22. The lowest BCUT2D eigenvalue weighted by Crippen LogP contribution is -2.45. The summed E-state index contributed by atoms with van der Waals surface area (Å²) < 4.78 is 5.61. The minimum atomic E-state index is -0.507. The molecule has 2 aromatic heterocycles. The standard InChI is InChI=1S/C24H32N6O3/c1-16(2)22(23(25)32)28-24-19-5-3-4-6-20(19)26-21(27-24)14-30-11-9-29(10-12-30)13-17-7-8-18(15-31)33-17/h3-8,16,22,31H,9-15H2,1-2H3,(H2,25,32)(H,26,27,28)/t22-/m0/s1. The zero-order chi connectivity index (χ0) is 23.4. The van der Waals surface area contributed by atoms with E-state index in [9.17, 15) is 4.79 Å². The van der Waals surface area contributed by atoms with E-state index in [0.717, 1.165) is 55.2 Å². The Bertz CT molecular complexity index is 1090. The Morgan fingerprint density at radius 2 is 1.73 bits per heavy atom. The number of fused-ring (bicyclic) bond motifs is 1. The van der Waals surface area contributed by atoms with E-state index in [1.165, 1.54) is 0 Å². The van der Waals surface area contributed by atoms with Crippen molar-refractivity contribution in [2.75, 3.05) is 31.5 Å². The van der Waals surface area contributed by atoms with Gasteiger partial charge in [-0.25, -0.2) is 9.97 Å². The van der Waals surface area contributed by atoms with Gasteiger partial charge in [0, 0.05) is 31.6 Å². The third-order valence-corrected chi connectivity index (χ3v) is 6.00. The number of carbonyl (C=O) groups is 1. The van der Waals surface area contributed by atoms with Gasteiger partial charge < -0.3 is 20.6 Å². The first kappa shape index (κ1) is 23.2. The van der Waals surface area contributed by atoms with Crippen molar-refractivity contribution in [3.05, 3.63) is 53.7 Å². The van der Waals surface area contributed by atoms with Crippen molar-refractivity contribution in [2.45, 2.75) is 39.6 Å². The normalized spacial score (nSPS) is 16.4. The van der Waals surface area contributed by atoms with Gasteiger partial charge in [-0.05, 0) is 30.2 Å². The fraction of sp³-hybridized carbons (Fsp3) is 0.458. The van der Waals surface area contributed by atoms with Crippen molar-refractivity contribution in [3.63, 3.8) is 0 Å². The van der Waals surface area contributed by atoms with Crippen LogP contribution in [0.4, 0.5) is 5.82 Å². The summed E-state index contributed by atoms with van der Waals surface area (Å²) in [5.41, 5.74) is 6.46. The van der Waals surface area contributed by atoms with Crippen LogP contribution >= 0.6 is 0 Å². The summed E-state index contributed by atoms with van der Waals surface area (Å²) in [7, 11) is 0. The number of aliphatic hydroxyl groups is 1. The summed E-state index contributed by atoms with van der Waals surface area (Å²) in [4.78, 5) is 26.2. The van der Waals surface area contributed by atoms with E-state index in [1.807, 2.05) is 50.2 Å². The molecule has 1 amide bonds. The second-order valence-corrected chi connectivity index (χ2v) is 8.85. The molecule has 4 rings (SSSR count). The van der Waals surface area contributed by atoms with Crippen LogP contribution in [-0.2, 0) is 24.5 Å². The number of hydrogen-bond donors (Lipinski definition) is 3. The smallest absolute Gasteiger partial charge is 0.240 e. The van der Waals surface area contributed by atoms with Gasteiger partial charge in [-0.15, -0.1) is 0 Å². The minimum Gasteiger partial charge on any atom is -0.462 e. The molecule has 3 heterocycles. The van der Waals surface area contributed by atoms with Crippen LogP contribution in [-0.4, -0.2) is 63.0 Å². The van der Waals surface area contributed by atoms with E-state index in [2.05, 4.69) is 15.1 Å².